The van der Waals surface area contributed by atoms with E-state index in [2.05, 4.69) is 12.0 Å². The first-order valence-corrected chi connectivity index (χ1v) is 7.71. The Labute approximate surface area is 135 Å². The smallest absolute Gasteiger partial charge is 0.329 e. The van der Waals surface area contributed by atoms with Gasteiger partial charge in [0.2, 0.25) is 0 Å². The molecule has 2 rings (SSSR count). The SMILES string of the molecule is C=CCC(F)(F)C(=O)NN1CCC(OCc2ccccc2)CC1. The van der Waals surface area contributed by atoms with Crippen LogP contribution in [0.3, 0.4) is 0 Å². The highest BCUT2D eigenvalue weighted by molar-refractivity contribution is 5.83. The lowest BCUT2D eigenvalue weighted by Crippen LogP contribution is -2.52. The Morgan fingerprint density at radius 2 is 2.00 bits per heavy atom. The van der Waals surface area contributed by atoms with Gasteiger partial charge in [-0.3, -0.25) is 10.2 Å². The molecule has 0 aromatic heterocycles. The third-order valence-electron chi connectivity index (χ3n) is 3.76. The normalized spacial score (nSPS) is 17.0. The Balaban J connectivity index is 1.71. The molecule has 0 saturated carbocycles. The third kappa shape index (κ3) is 5.41. The van der Waals surface area contributed by atoms with Crippen LogP contribution in [0.15, 0.2) is 43.0 Å². The summed E-state index contributed by atoms with van der Waals surface area (Å²) < 4.78 is 32.7. The summed E-state index contributed by atoms with van der Waals surface area (Å²) in [6.45, 7) is 4.77. The lowest BCUT2D eigenvalue weighted by Gasteiger charge is -2.32. The van der Waals surface area contributed by atoms with Crippen LogP contribution in [-0.2, 0) is 16.1 Å². The molecular weight excluding hydrogens is 302 g/mol. The minimum absolute atomic E-state index is 0.0806. The molecule has 6 heteroatoms. The predicted octanol–water partition coefficient (Wildman–Crippen LogP) is 2.91. The van der Waals surface area contributed by atoms with Gasteiger partial charge in [-0.2, -0.15) is 8.78 Å². The number of hydrogen-bond donors (Lipinski definition) is 1. The molecule has 0 spiro atoms. The summed E-state index contributed by atoms with van der Waals surface area (Å²) >= 11 is 0. The van der Waals surface area contributed by atoms with E-state index in [9.17, 15) is 13.6 Å². The summed E-state index contributed by atoms with van der Waals surface area (Å²) in [7, 11) is 0. The molecule has 0 atom stereocenters. The standard InChI is InChI=1S/C17H22F2N2O2/c1-2-10-17(18,19)16(22)20-21-11-8-15(9-12-21)23-13-14-6-4-3-5-7-14/h2-7,15H,1,8-13H2,(H,20,22). The number of amides is 1. The molecule has 1 N–H and O–H groups in total. The highest BCUT2D eigenvalue weighted by Crippen LogP contribution is 2.20. The van der Waals surface area contributed by atoms with Crippen LogP contribution >= 0.6 is 0 Å². The van der Waals surface area contributed by atoms with Gasteiger partial charge in [-0.05, 0) is 18.4 Å². The largest absolute Gasteiger partial charge is 0.373 e. The number of nitrogens with zero attached hydrogens (tertiary/aromatic N) is 1. The van der Waals surface area contributed by atoms with E-state index in [1.165, 1.54) is 5.01 Å². The van der Waals surface area contributed by atoms with Crippen LogP contribution < -0.4 is 5.43 Å². The molecular formula is C17H22F2N2O2. The number of alkyl halides is 2. The van der Waals surface area contributed by atoms with Crippen molar-refractivity contribution in [1.29, 1.82) is 0 Å². The maximum absolute atomic E-state index is 13.4. The summed E-state index contributed by atoms with van der Waals surface area (Å²) in [4.78, 5) is 11.5. The van der Waals surface area contributed by atoms with E-state index in [1.54, 1.807) is 0 Å². The molecule has 1 aromatic carbocycles. The monoisotopic (exact) mass is 324 g/mol. The van der Waals surface area contributed by atoms with Crippen molar-refractivity contribution in [2.24, 2.45) is 0 Å². The van der Waals surface area contributed by atoms with E-state index in [0.29, 0.717) is 32.5 Å². The fraction of sp³-hybridized carbons (Fsp3) is 0.471. The van der Waals surface area contributed by atoms with E-state index in [4.69, 9.17) is 4.74 Å². The molecule has 0 bridgehead atoms. The second-order valence-corrected chi connectivity index (χ2v) is 5.62. The Hall–Kier alpha value is -1.79. The zero-order chi connectivity index (χ0) is 16.7. The lowest BCUT2D eigenvalue weighted by molar-refractivity contribution is -0.151. The molecule has 126 valence electrons. The molecule has 1 fully saturated rings. The van der Waals surface area contributed by atoms with E-state index < -0.39 is 18.3 Å². The maximum atomic E-state index is 13.4. The molecule has 1 aliphatic rings. The van der Waals surface area contributed by atoms with E-state index in [0.717, 1.165) is 11.6 Å². The van der Waals surface area contributed by atoms with Crippen molar-refractivity contribution in [2.75, 3.05) is 13.1 Å². The zero-order valence-electron chi connectivity index (χ0n) is 13.0. The van der Waals surface area contributed by atoms with Crippen molar-refractivity contribution in [1.82, 2.24) is 10.4 Å². The number of piperidine rings is 1. The molecule has 0 aliphatic carbocycles. The number of carbonyl (C=O) groups excluding carboxylic acids is 1. The maximum Gasteiger partial charge on any atom is 0.329 e. The molecule has 23 heavy (non-hydrogen) atoms. The Kier molecular flexibility index (Phi) is 6.24. The number of ether oxygens (including phenoxy) is 1. The quantitative estimate of drug-likeness (QED) is 0.784. The molecule has 1 saturated heterocycles. The minimum atomic E-state index is -3.41. The fourth-order valence-electron chi connectivity index (χ4n) is 2.42. The first kappa shape index (κ1) is 17.6. The topological polar surface area (TPSA) is 41.6 Å². The van der Waals surface area contributed by atoms with Crippen LogP contribution in [-0.4, -0.2) is 36.0 Å². The summed E-state index contributed by atoms with van der Waals surface area (Å²) in [5.74, 6) is -4.69. The number of hydrogen-bond acceptors (Lipinski definition) is 3. The highest BCUT2D eigenvalue weighted by Gasteiger charge is 2.38. The molecule has 4 nitrogen and oxygen atoms in total. The second kappa shape index (κ2) is 8.17. The number of hydrazine groups is 1. The molecule has 1 amide bonds. The number of benzene rings is 1. The summed E-state index contributed by atoms with van der Waals surface area (Å²) in [6.07, 6.45) is 1.86. The van der Waals surface area contributed by atoms with Crippen LogP contribution in [0.2, 0.25) is 0 Å². The third-order valence-corrected chi connectivity index (χ3v) is 3.76. The van der Waals surface area contributed by atoms with Crippen molar-refractivity contribution in [3.63, 3.8) is 0 Å². The summed E-state index contributed by atoms with van der Waals surface area (Å²) in [6, 6.07) is 9.86. The van der Waals surface area contributed by atoms with E-state index >= 15 is 0 Å². The minimum Gasteiger partial charge on any atom is -0.373 e. The van der Waals surface area contributed by atoms with Crippen LogP contribution in [0.5, 0.6) is 0 Å². The highest BCUT2D eigenvalue weighted by atomic mass is 19.3. The Morgan fingerprint density at radius 1 is 1.35 bits per heavy atom. The number of carbonyl (C=O) groups is 1. The van der Waals surface area contributed by atoms with Crippen molar-refractivity contribution in [3.05, 3.63) is 48.6 Å². The molecule has 1 heterocycles. The number of nitrogens with one attached hydrogen (secondary N) is 1. The van der Waals surface area contributed by atoms with Gasteiger partial charge in [-0.1, -0.05) is 36.4 Å². The average molecular weight is 324 g/mol. The Bertz CT molecular complexity index is 515. The molecule has 1 aliphatic heterocycles. The molecule has 0 unspecified atom stereocenters. The van der Waals surface area contributed by atoms with Gasteiger partial charge in [-0.25, -0.2) is 5.01 Å². The predicted molar refractivity (Wildman–Crippen MR) is 83.7 cm³/mol. The van der Waals surface area contributed by atoms with Gasteiger partial charge in [-0.15, -0.1) is 6.58 Å². The van der Waals surface area contributed by atoms with Crippen molar-refractivity contribution in [2.45, 2.75) is 37.9 Å². The van der Waals surface area contributed by atoms with Crippen molar-refractivity contribution >= 4 is 5.91 Å². The van der Waals surface area contributed by atoms with Gasteiger partial charge in [0.25, 0.3) is 0 Å². The van der Waals surface area contributed by atoms with Gasteiger partial charge in [0.15, 0.2) is 0 Å². The molecule has 0 radical (unpaired) electrons. The fourth-order valence-corrected chi connectivity index (χ4v) is 2.42. The van der Waals surface area contributed by atoms with Crippen LogP contribution in [0.1, 0.15) is 24.8 Å². The van der Waals surface area contributed by atoms with Gasteiger partial charge < -0.3 is 4.74 Å². The first-order valence-electron chi connectivity index (χ1n) is 7.71. The number of halogens is 2. The van der Waals surface area contributed by atoms with Crippen LogP contribution in [0, 0.1) is 0 Å². The second-order valence-electron chi connectivity index (χ2n) is 5.62. The van der Waals surface area contributed by atoms with Gasteiger partial charge in [0, 0.05) is 19.5 Å². The van der Waals surface area contributed by atoms with Crippen molar-refractivity contribution < 1.29 is 18.3 Å². The van der Waals surface area contributed by atoms with Gasteiger partial charge >= 0.3 is 11.8 Å². The number of rotatable bonds is 7. The van der Waals surface area contributed by atoms with E-state index in [-0.39, 0.29) is 6.10 Å². The summed E-state index contributed by atoms with van der Waals surface area (Å²) in [5, 5.41) is 1.53. The van der Waals surface area contributed by atoms with Gasteiger partial charge in [0.1, 0.15) is 0 Å². The van der Waals surface area contributed by atoms with Gasteiger partial charge in [0.05, 0.1) is 12.7 Å². The van der Waals surface area contributed by atoms with Crippen LogP contribution in [0.25, 0.3) is 0 Å². The summed E-state index contributed by atoms with van der Waals surface area (Å²) in [5.41, 5.74) is 3.38. The van der Waals surface area contributed by atoms with Crippen molar-refractivity contribution in [3.8, 4) is 0 Å². The van der Waals surface area contributed by atoms with E-state index in [1.807, 2.05) is 30.3 Å². The molecule has 1 aromatic rings. The Morgan fingerprint density at radius 3 is 2.61 bits per heavy atom. The lowest BCUT2D eigenvalue weighted by atomic mass is 10.1. The number of allylic oxidation sites excluding steroid dienone is 1. The first-order chi connectivity index (χ1) is 11.0. The average Bonchev–Trinajstić information content (AvgIpc) is 2.55. The van der Waals surface area contributed by atoms with Crippen LogP contribution in [0.4, 0.5) is 8.78 Å². The zero-order valence-corrected chi connectivity index (χ0v) is 13.0.